The molecule has 0 radical (unpaired) electrons. The molecule has 1 aliphatic heterocycles. The zero-order valence-electron chi connectivity index (χ0n) is 12.3. The van der Waals surface area contributed by atoms with E-state index in [-0.39, 0.29) is 11.9 Å². The van der Waals surface area contributed by atoms with Crippen molar-refractivity contribution < 1.29 is 19.1 Å². The minimum absolute atomic E-state index is 0.0737. The summed E-state index contributed by atoms with van der Waals surface area (Å²) >= 11 is 0. The van der Waals surface area contributed by atoms with Crippen molar-refractivity contribution in [1.29, 1.82) is 0 Å². The molecule has 1 aliphatic rings. The van der Waals surface area contributed by atoms with Crippen LogP contribution in [0, 0.1) is 0 Å². The second-order valence-electron chi connectivity index (χ2n) is 4.93. The summed E-state index contributed by atoms with van der Waals surface area (Å²) in [6.45, 7) is 1.34. The first-order valence-corrected chi connectivity index (χ1v) is 6.90. The number of benzene rings is 1. The maximum Gasteiger partial charge on any atom is 0.255 e. The van der Waals surface area contributed by atoms with Gasteiger partial charge in [0.25, 0.3) is 5.91 Å². The molecule has 21 heavy (non-hydrogen) atoms. The molecule has 1 fully saturated rings. The summed E-state index contributed by atoms with van der Waals surface area (Å²) in [5, 5.41) is 2.99. The largest absolute Gasteiger partial charge is 0.493 e. The van der Waals surface area contributed by atoms with Crippen LogP contribution in [0.15, 0.2) is 18.2 Å². The Labute approximate surface area is 124 Å². The van der Waals surface area contributed by atoms with Crippen molar-refractivity contribution in [3.63, 3.8) is 0 Å². The first-order valence-electron chi connectivity index (χ1n) is 6.90. The molecule has 1 saturated heterocycles. The van der Waals surface area contributed by atoms with Gasteiger partial charge in [0.1, 0.15) is 0 Å². The van der Waals surface area contributed by atoms with Gasteiger partial charge < -0.3 is 19.7 Å². The number of rotatable bonds is 5. The van der Waals surface area contributed by atoms with Gasteiger partial charge in [-0.05, 0) is 25.0 Å². The first kappa shape index (κ1) is 15.2. The van der Waals surface area contributed by atoms with Gasteiger partial charge in [0, 0.05) is 19.1 Å². The highest BCUT2D eigenvalue weighted by Crippen LogP contribution is 2.30. The number of carbonyl (C=O) groups excluding carboxylic acids is 2. The summed E-state index contributed by atoms with van der Waals surface area (Å²) in [6, 6.07) is 5.28. The summed E-state index contributed by atoms with van der Waals surface area (Å²) in [5.74, 6) is 0.777. The molecular weight excluding hydrogens is 272 g/mol. The van der Waals surface area contributed by atoms with Crippen molar-refractivity contribution in [3.05, 3.63) is 23.8 Å². The Morgan fingerprint density at radius 3 is 2.57 bits per heavy atom. The lowest BCUT2D eigenvalue weighted by atomic mass is 10.0. The molecule has 0 bridgehead atoms. The Kier molecular flexibility index (Phi) is 5.03. The molecule has 1 heterocycles. The highest BCUT2D eigenvalue weighted by molar-refractivity contribution is 5.98. The van der Waals surface area contributed by atoms with E-state index in [1.165, 1.54) is 14.2 Å². The second kappa shape index (κ2) is 6.97. The monoisotopic (exact) mass is 292 g/mol. The molecule has 1 aromatic rings. The SMILES string of the molecule is COc1cccc(C(=O)NC2CCN(C=O)CC2)c1OC. The van der Waals surface area contributed by atoms with Crippen LogP contribution in [0.25, 0.3) is 0 Å². The Balaban J connectivity index is 2.05. The Hall–Kier alpha value is -2.24. The fourth-order valence-electron chi connectivity index (χ4n) is 2.48. The van der Waals surface area contributed by atoms with E-state index in [2.05, 4.69) is 5.32 Å². The fraction of sp³-hybridized carbons (Fsp3) is 0.467. The van der Waals surface area contributed by atoms with Crippen LogP contribution in [0.3, 0.4) is 0 Å². The van der Waals surface area contributed by atoms with Crippen LogP contribution < -0.4 is 14.8 Å². The van der Waals surface area contributed by atoms with Gasteiger partial charge in [-0.2, -0.15) is 0 Å². The Morgan fingerprint density at radius 2 is 2.00 bits per heavy atom. The molecule has 2 rings (SSSR count). The molecule has 114 valence electrons. The molecule has 6 heteroatoms. The standard InChI is InChI=1S/C15H20N2O4/c1-20-13-5-3-4-12(14(13)21-2)15(19)16-11-6-8-17(10-18)9-7-11/h3-5,10-11H,6-9H2,1-2H3,(H,16,19). The average molecular weight is 292 g/mol. The van der Waals surface area contributed by atoms with Crippen molar-refractivity contribution in [3.8, 4) is 11.5 Å². The number of ether oxygens (including phenoxy) is 2. The third kappa shape index (κ3) is 3.45. The quantitative estimate of drug-likeness (QED) is 0.824. The normalized spacial score (nSPS) is 15.4. The smallest absolute Gasteiger partial charge is 0.255 e. The number of carbonyl (C=O) groups is 2. The number of piperidine rings is 1. The van der Waals surface area contributed by atoms with Gasteiger partial charge in [-0.15, -0.1) is 0 Å². The predicted octanol–water partition coefficient (Wildman–Crippen LogP) is 1.05. The van der Waals surface area contributed by atoms with Gasteiger partial charge in [0.05, 0.1) is 19.8 Å². The molecule has 2 amide bonds. The third-order valence-electron chi connectivity index (χ3n) is 3.66. The van der Waals surface area contributed by atoms with Crippen LogP contribution in [-0.2, 0) is 4.79 Å². The zero-order valence-corrected chi connectivity index (χ0v) is 12.3. The van der Waals surface area contributed by atoms with E-state index >= 15 is 0 Å². The lowest BCUT2D eigenvalue weighted by molar-refractivity contribution is -0.119. The van der Waals surface area contributed by atoms with Crippen LogP contribution in [-0.4, -0.2) is 50.6 Å². The van der Waals surface area contributed by atoms with Crippen molar-refractivity contribution in [2.75, 3.05) is 27.3 Å². The molecule has 0 aliphatic carbocycles. The Bertz CT molecular complexity index is 510. The van der Waals surface area contributed by atoms with Gasteiger partial charge in [0.2, 0.25) is 6.41 Å². The fourth-order valence-corrected chi connectivity index (χ4v) is 2.48. The molecule has 0 atom stereocenters. The molecule has 1 aromatic carbocycles. The summed E-state index contributed by atoms with van der Waals surface area (Å²) in [4.78, 5) is 24.8. The van der Waals surface area contributed by atoms with Gasteiger partial charge in [-0.25, -0.2) is 0 Å². The van der Waals surface area contributed by atoms with E-state index in [1.807, 2.05) is 0 Å². The number of hydrogen-bond acceptors (Lipinski definition) is 4. The van der Waals surface area contributed by atoms with E-state index < -0.39 is 0 Å². The van der Waals surface area contributed by atoms with Gasteiger partial charge in [-0.1, -0.05) is 6.07 Å². The number of nitrogens with one attached hydrogen (secondary N) is 1. The summed E-state index contributed by atoms with van der Waals surface area (Å²) < 4.78 is 10.5. The number of hydrogen-bond donors (Lipinski definition) is 1. The summed E-state index contributed by atoms with van der Waals surface area (Å²) in [5.41, 5.74) is 0.453. The van der Waals surface area contributed by atoms with Crippen LogP contribution in [0.2, 0.25) is 0 Å². The van der Waals surface area contributed by atoms with Gasteiger partial charge in [0.15, 0.2) is 11.5 Å². The minimum Gasteiger partial charge on any atom is -0.493 e. The van der Waals surface area contributed by atoms with E-state index in [0.29, 0.717) is 30.2 Å². The van der Waals surface area contributed by atoms with Crippen molar-refractivity contribution >= 4 is 12.3 Å². The lowest BCUT2D eigenvalue weighted by Crippen LogP contribution is -2.44. The number of methoxy groups -OCH3 is 2. The predicted molar refractivity (Wildman–Crippen MR) is 77.7 cm³/mol. The molecule has 0 saturated carbocycles. The first-order chi connectivity index (χ1) is 10.2. The molecule has 1 N–H and O–H groups in total. The maximum atomic E-state index is 12.4. The molecule has 6 nitrogen and oxygen atoms in total. The van der Waals surface area contributed by atoms with E-state index in [4.69, 9.17) is 9.47 Å². The summed E-state index contributed by atoms with van der Waals surface area (Å²) in [7, 11) is 3.05. The number of para-hydroxylation sites is 1. The minimum atomic E-state index is -0.185. The molecule has 0 spiro atoms. The highest BCUT2D eigenvalue weighted by Gasteiger charge is 2.22. The van der Waals surface area contributed by atoms with Gasteiger partial charge in [-0.3, -0.25) is 9.59 Å². The Morgan fingerprint density at radius 1 is 1.29 bits per heavy atom. The highest BCUT2D eigenvalue weighted by atomic mass is 16.5. The van der Waals surface area contributed by atoms with E-state index in [1.54, 1.807) is 23.1 Å². The van der Waals surface area contributed by atoms with Crippen LogP contribution in [0.4, 0.5) is 0 Å². The van der Waals surface area contributed by atoms with E-state index in [9.17, 15) is 9.59 Å². The van der Waals surface area contributed by atoms with Crippen LogP contribution in [0.1, 0.15) is 23.2 Å². The summed E-state index contributed by atoms with van der Waals surface area (Å²) in [6.07, 6.45) is 2.37. The van der Waals surface area contributed by atoms with E-state index in [0.717, 1.165) is 19.3 Å². The third-order valence-corrected chi connectivity index (χ3v) is 3.66. The second-order valence-corrected chi connectivity index (χ2v) is 4.93. The molecule has 0 aromatic heterocycles. The maximum absolute atomic E-state index is 12.4. The van der Waals surface area contributed by atoms with Crippen molar-refractivity contribution in [1.82, 2.24) is 10.2 Å². The number of likely N-dealkylation sites (tertiary alicyclic amines) is 1. The number of amides is 2. The van der Waals surface area contributed by atoms with Crippen molar-refractivity contribution in [2.45, 2.75) is 18.9 Å². The number of nitrogens with zero attached hydrogens (tertiary/aromatic N) is 1. The van der Waals surface area contributed by atoms with Crippen molar-refractivity contribution in [2.24, 2.45) is 0 Å². The van der Waals surface area contributed by atoms with Crippen LogP contribution >= 0.6 is 0 Å². The zero-order chi connectivity index (χ0) is 15.2. The average Bonchev–Trinajstić information content (AvgIpc) is 2.54. The molecule has 0 unspecified atom stereocenters. The topological polar surface area (TPSA) is 67.9 Å². The van der Waals surface area contributed by atoms with Gasteiger partial charge >= 0.3 is 0 Å². The van der Waals surface area contributed by atoms with Crippen LogP contribution in [0.5, 0.6) is 11.5 Å². The lowest BCUT2D eigenvalue weighted by Gasteiger charge is -2.29. The molecular formula is C15H20N2O4.